The standard InChI is InChI=1S/C19H27FN4O5S/c1-11-5-15(23-30(2,27)28)16(24(11)18(25)26)10-29-14-3-4-19(7-12(19)6-14)17-21-8-13(20)9-22-17/h8-9,11-12,14-16,23H,3-7,10H2,1-2H3,(H,25,26)/t11-,12+,14-,15+,16+,19+/m1/s1. The highest BCUT2D eigenvalue weighted by Crippen LogP contribution is 2.61. The number of likely N-dealkylation sites (tertiary alicyclic amines) is 1. The smallest absolute Gasteiger partial charge is 0.407 e. The van der Waals surface area contributed by atoms with Crippen molar-refractivity contribution in [1.82, 2.24) is 19.6 Å². The van der Waals surface area contributed by atoms with Crippen molar-refractivity contribution in [1.29, 1.82) is 0 Å². The van der Waals surface area contributed by atoms with E-state index in [0.29, 0.717) is 18.2 Å². The molecule has 9 nitrogen and oxygen atoms in total. The molecule has 0 bridgehead atoms. The van der Waals surface area contributed by atoms with E-state index in [1.54, 1.807) is 6.92 Å². The quantitative estimate of drug-likeness (QED) is 0.685. The van der Waals surface area contributed by atoms with E-state index < -0.39 is 34.0 Å². The molecule has 0 radical (unpaired) electrons. The molecule has 1 aromatic heterocycles. The lowest BCUT2D eigenvalue weighted by molar-refractivity contribution is -0.00875. The van der Waals surface area contributed by atoms with Gasteiger partial charge in [0.2, 0.25) is 10.0 Å². The fourth-order valence-electron chi connectivity index (χ4n) is 5.28. The Morgan fingerprint density at radius 3 is 2.70 bits per heavy atom. The van der Waals surface area contributed by atoms with Gasteiger partial charge in [-0.05, 0) is 44.9 Å². The number of ether oxygens (including phenoxy) is 1. The van der Waals surface area contributed by atoms with Gasteiger partial charge in [0.15, 0.2) is 5.82 Å². The number of fused-ring (bicyclic) bond motifs is 1. The largest absolute Gasteiger partial charge is 0.465 e. The van der Waals surface area contributed by atoms with E-state index in [1.165, 1.54) is 17.3 Å². The third-order valence-electron chi connectivity index (χ3n) is 6.74. The second-order valence-electron chi connectivity index (χ2n) is 8.85. The zero-order valence-electron chi connectivity index (χ0n) is 17.0. The summed E-state index contributed by atoms with van der Waals surface area (Å²) in [5.74, 6) is 0.603. The highest BCUT2D eigenvalue weighted by atomic mass is 32.2. The van der Waals surface area contributed by atoms with Crippen LogP contribution in [0.4, 0.5) is 9.18 Å². The summed E-state index contributed by atoms with van der Waals surface area (Å²) < 4.78 is 45.2. The van der Waals surface area contributed by atoms with Gasteiger partial charge in [0.25, 0.3) is 0 Å². The molecule has 30 heavy (non-hydrogen) atoms. The van der Waals surface area contributed by atoms with Crippen molar-refractivity contribution in [2.75, 3.05) is 12.9 Å². The molecule has 0 unspecified atom stereocenters. The zero-order valence-corrected chi connectivity index (χ0v) is 17.8. The third kappa shape index (κ3) is 4.15. The molecule has 2 saturated carbocycles. The van der Waals surface area contributed by atoms with Gasteiger partial charge in [-0.25, -0.2) is 32.3 Å². The second-order valence-corrected chi connectivity index (χ2v) is 10.6. The maximum Gasteiger partial charge on any atom is 0.407 e. The molecule has 3 aliphatic rings. The zero-order chi connectivity index (χ0) is 21.7. The average Bonchev–Trinajstić information content (AvgIpc) is 3.30. The Morgan fingerprint density at radius 1 is 1.40 bits per heavy atom. The molecule has 1 aliphatic heterocycles. The first-order valence-electron chi connectivity index (χ1n) is 10.2. The van der Waals surface area contributed by atoms with Crippen molar-refractivity contribution in [3.8, 4) is 0 Å². The number of hydrogen-bond acceptors (Lipinski definition) is 6. The lowest BCUT2D eigenvalue weighted by Crippen LogP contribution is -2.50. The van der Waals surface area contributed by atoms with Gasteiger partial charge in [-0.2, -0.15) is 0 Å². The average molecular weight is 443 g/mol. The maximum absolute atomic E-state index is 13.1. The molecule has 0 aromatic carbocycles. The minimum Gasteiger partial charge on any atom is -0.465 e. The molecule has 11 heteroatoms. The molecule has 2 heterocycles. The summed E-state index contributed by atoms with van der Waals surface area (Å²) in [5.41, 5.74) is -0.0943. The van der Waals surface area contributed by atoms with Gasteiger partial charge < -0.3 is 9.84 Å². The minimum atomic E-state index is -3.47. The van der Waals surface area contributed by atoms with Crippen molar-refractivity contribution in [2.24, 2.45) is 5.92 Å². The number of aromatic nitrogens is 2. The van der Waals surface area contributed by atoms with Crippen LogP contribution in [0.3, 0.4) is 0 Å². The van der Waals surface area contributed by atoms with E-state index in [-0.39, 0.29) is 24.2 Å². The lowest BCUT2D eigenvalue weighted by Gasteiger charge is -2.32. The number of rotatable bonds is 6. The second kappa shape index (κ2) is 7.69. The molecule has 1 aromatic rings. The van der Waals surface area contributed by atoms with Crippen LogP contribution in [0.5, 0.6) is 0 Å². The van der Waals surface area contributed by atoms with Gasteiger partial charge in [0, 0.05) is 17.5 Å². The van der Waals surface area contributed by atoms with Gasteiger partial charge in [0.05, 0.1) is 37.4 Å². The molecule has 0 spiro atoms. The Bertz CT molecular complexity index is 914. The first kappa shape index (κ1) is 21.4. The van der Waals surface area contributed by atoms with Crippen LogP contribution in [-0.4, -0.2) is 71.6 Å². The number of sulfonamides is 1. The fraction of sp³-hybridized carbons (Fsp3) is 0.737. The Balaban J connectivity index is 1.38. The summed E-state index contributed by atoms with van der Waals surface area (Å²) in [6, 6.07) is -1.38. The summed E-state index contributed by atoms with van der Waals surface area (Å²) in [4.78, 5) is 21.3. The predicted octanol–water partition coefficient (Wildman–Crippen LogP) is 1.50. The summed E-state index contributed by atoms with van der Waals surface area (Å²) in [6.45, 7) is 1.91. The Hall–Kier alpha value is -1.85. The number of nitrogens with zero attached hydrogens (tertiary/aromatic N) is 3. The molecule has 1 saturated heterocycles. The summed E-state index contributed by atoms with van der Waals surface area (Å²) in [6.07, 6.45) is 6.13. The SMILES string of the molecule is C[C@@H]1C[C@H](NS(C)(=O)=O)[C@H](CO[C@@H]2CC[C@]3(c4ncc(F)cn4)C[C@@H]3C2)N1C(=O)O. The first-order valence-corrected chi connectivity index (χ1v) is 12.1. The maximum atomic E-state index is 13.1. The van der Waals surface area contributed by atoms with Crippen LogP contribution in [0.15, 0.2) is 12.4 Å². The van der Waals surface area contributed by atoms with E-state index in [2.05, 4.69) is 14.7 Å². The molecule has 1 amide bonds. The van der Waals surface area contributed by atoms with Crippen LogP contribution in [0.1, 0.15) is 44.9 Å². The number of hydrogen-bond donors (Lipinski definition) is 2. The number of nitrogens with one attached hydrogen (secondary N) is 1. The molecular weight excluding hydrogens is 415 g/mol. The predicted molar refractivity (Wildman–Crippen MR) is 105 cm³/mol. The Kier molecular flexibility index (Phi) is 5.48. The first-order chi connectivity index (χ1) is 14.1. The summed E-state index contributed by atoms with van der Waals surface area (Å²) >= 11 is 0. The van der Waals surface area contributed by atoms with Gasteiger partial charge in [0.1, 0.15) is 5.82 Å². The van der Waals surface area contributed by atoms with Crippen molar-refractivity contribution < 1.29 is 27.4 Å². The highest BCUT2D eigenvalue weighted by Gasteiger charge is 2.60. The van der Waals surface area contributed by atoms with E-state index in [0.717, 1.165) is 31.9 Å². The fourth-order valence-corrected chi connectivity index (χ4v) is 6.08. The molecule has 2 N–H and O–H groups in total. The van der Waals surface area contributed by atoms with Crippen molar-refractivity contribution in [3.63, 3.8) is 0 Å². The number of carbonyl (C=O) groups is 1. The van der Waals surface area contributed by atoms with Crippen LogP contribution < -0.4 is 4.72 Å². The molecule has 166 valence electrons. The number of carboxylic acid groups (broad SMARTS) is 1. The normalized spacial score (nSPS) is 35.8. The van der Waals surface area contributed by atoms with Crippen LogP contribution in [0.2, 0.25) is 0 Å². The van der Waals surface area contributed by atoms with Crippen LogP contribution >= 0.6 is 0 Å². The van der Waals surface area contributed by atoms with Crippen molar-refractivity contribution in [2.45, 2.75) is 68.7 Å². The topological polar surface area (TPSA) is 122 Å². The monoisotopic (exact) mass is 442 g/mol. The third-order valence-corrected chi connectivity index (χ3v) is 7.47. The van der Waals surface area contributed by atoms with E-state index in [1.807, 2.05) is 0 Å². The Morgan fingerprint density at radius 2 is 2.10 bits per heavy atom. The van der Waals surface area contributed by atoms with Gasteiger partial charge in [-0.3, -0.25) is 4.90 Å². The van der Waals surface area contributed by atoms with Gasteiger partial charge in [-0.15, -0.1) is 0 Å². The van der Waals surface area contributed by atoms with E-state index in [9.17, 15) is 22.7 Å². The van der Waals surface area contributed by atoms with Crippen LogP contribution in [0, 0.1) is 11.7 Å². The molecule has 2 aliphatic carbocycles. The lowest BCUT2D eigenvalue weighted by atomic mass is 9.86. The highest BCUT2D eigenvalue weighted by molar-refractivity contribution is 7.88. The molecular formula is C19H27FN4O5S. The summed E-state index contributed by atoms with van der Waals surface area (Å²) in [5, 5.41) is 9.59. The molecule has 6 atom stereocenters. The number of amides is 1. The summed E-state index contributed by atoms with van der Waals surface area (Å²) in [7, 11) is -3.47. The van der Waals surface area contributed by atoms with Gasteiger partial charge >= 0.3 is 6.09 Å². The van der Waals surface area contributed by atoms with Crippen molar-refractivity contribution in [3.05, 3.63) is 24.0 Å². The Labute approximate surface area is 175 Å². The van der Waals surface area contributed by atoms with Crippen molar-refractivity contribution >= 4 is 16.1 Å². The van der Waals surface area contributed by atoms with E-state index in [4.69, 9.17) is 4.74 Å². The minimum absolute atomic E-state index is 0.0310. The van der Waals surface area contributed by atoms with E-state index >= 15 is 0 Å². The number of halogens is 1. The molecule has 4 rings (SSSR count). The van der Waals surface area contributed by atoms with Gasteiger partial charge in [-0.1, -0.05) is 0 Å². The van der Waals surface area contributed by atoms with Crippen LogP contribution in [0.25, 0.3) is 0 Å². The van der Waals surface area contributed by atoms with Crippen LogP contribution in [-0.2, 0) is 20.2 Å². The molecule has 3 fully saturated rings.